The van der Waals surface area contributed by atoms with E-state index in [4.69, 9.17) is 10.00 Å². The standard InChI is InChI=1S/C26H31BrFN5O3S/c1-26(2,3)36-25(35)33-13-15-12-17(33)22(15)32(9-10-34)23-16-11-14(7-6-8-29)18(27)19(28)20(16)31-24(37-5)21(23)30-4/h10-11,15,17,22,30H,6-7,9,12-13H2,1-5H3. The van der Waals surface area contributed by atoms with Gasteiger partial charge in [0.05, 0.1) is 40.5 Å². The van der Waals surface area contributed by atoms with Crippen LogP contribution in [-0.2, 0) is 16.0 Å². The number of aryl methyl sites for hydroxylation is 1. The molecule has 1 amide bonds. The summed E-state index contributed by atoms with van der Waals surface area (Å²) in [6.45, 7) is 6.13. The van der Waals surface area contributed by atoms with Gasteiger partial charge < -0.3 is 24.6 Å². The highest BCUT2D eigenvalue weighted by atomic mass is 79.9. The number of aldehydes is 1. The normalized spacial score (nSPS) is 20.4. The fourth-order valence-electron chi connectivity index (χ4n) is 5.42. The van der Waals surface area contributed by atoms with Gasteiger partial charge >= 0.3 is 6.09 Å². The lowest BCUT2D eigenvalue weighted by molar-refractivity contribution is -0.106. The summed E-state index contributed by atoms with van der Waals surface area (Å²) in [6.07, 6.45) is 3.78. The number of carbonyl (C=O) groups excluding carboxylic acids is 2. The van der Waals surface area contributed by atoms with Crippen molar-refractivity contribution in [2.45, 2.75) is 62.7 Å². The van der Waals surface area contributed by atoms with Crippen LogP contribution in [-0.4, -0.2) is 66.3 Å². The number of rotatable bonds is 8. The number of pyridine rings is 1. The van der Waals surface area contributed by atoms with Crippen molar-refractivity contribution in [2.24, 2.45) is 5.92 Å². The van der Waals surface area contributed by atoms with Gasteiger partial charge in [-0.05, 0) is 67.4 Å². The van der Waals surface area contributed by atoms with Gasteiger partial charge in [-0.3, -0.25) is 0 Å². The first-order valence-electron chi connectivity index (χ1n) is 12.2. The Morgan fingerprint density at radius 3 is 2.81 bits per heavy atom. The fraction of sp³-hybridized carbons (Fsp3) is 0.538. The predicted octanol–water partition coefficient (Wildman–Crippen LogP) is 5.37. The molecule has 2 aromatic rings. The van der Waals surface area contributed by atoms with Crippen molar-refractivity contribution in [3.05, 3.63) is 21.9 Å². The first kappa shape index (κ1) is 27.5. The van der Waals surface area contributed by atoms with Gasteiger partial charge in [-0.1, -0.05) is 0 Å². The maximum atomic E-state index is 15.7. The minimum absolute atomic E-state index is 0.0760. The number of anilines is 2. The number of aromatic nitrogens is 1. The van der Waals surface area contributed by atoms with E-state index in [2.05, 4.69) is 32.3 Å². The maximum Gasteiger partial charge on any atom is 0.410 e. The van der Waals surface area contributed by atoms with Crippen LogP contribution in [0.4, 0.5) is 20.6 Å². The number of thioether (sulfide) groups is 1. The minimum atomic E-state index is -0.610. The summed E-state index contributed by atoms with van der Waals surface area (Å²) in [5, 5.41) is 13.5. The number of hydrogen-bond donors (Lipinski definition) is 1. The van der Waals surface area contributed by atoms with Crippen LogP contribution in [0.5, 0.6) is 0 Å². The largest absolute Gasteiger partial charge is 0.444 e. The lowest BCUT2D eigenvalue weighted by Gasteiger charge is -2.45. The number of nitriles is 1. The Hall–Kier alpha value is -2.58. The third kappa shape index (κ3) is 4.98. The first-order valence-corrected chi connectivity index (χ1v) is 14.2. The Bertz CT molecular complexity index is 1280. The molecule has 2 bridgehead atoms. The van der Waals surface area contributed by atoms with Crippen LogP contribution < -0.4 is 10.2 Å². The van der Waals surface area contributed by atoms with Gasteiger partial charge in [0.15, 0.2) is 5.82 Å². The van der Waals surface area contributed by atoms with Crippen molar-refractivity contribution in [1.82, 2.24) is 9.88 Å². The Labute approximate surface area is 229 Å². The zero-order valence-electron chi connectivity index (χ0n) is 21.6. The van der Waals surface area contributed by atoms with Gasteiger partial charge in [0.2, 0.25) is 0 Å². The lowest BCUT2D eigenvalue weighted by atomic mass is 9.78. The molecule has 1 saturated carbocycles. The third-order valence-electron chi connectivity index (χ3n) is 6.92. The van der Waals surface area contributed by atoms with E-state index in [1.54, 1.807) is 11.9 Å². The number of ether oxygens (including phenoxy) is 1. The number of benzene rings is 1. The monoisotopic (exact) mass is 591 g/mol. The van der Waals surface area contributed by atoms with Crippen molar-refractivity contribution < 1.29 is 18.7 Å². The summed E-state index contributed by atoms with van der Waals surface area (Å²) in [7, 11) is 1.78. The topological polar surface area (TPSA) is 98.6 Å². The Morgan fingerprint density at radius 1 is 1.49 bits per heavy atom. The molecule has 198 valence electrons. The van der Waals surface area contributed by atoms with E-state index < -0.39 is 11.4 Å². The third-order valence-corrected chi connectivity index (χ3v) is 8.46. The Kier molecular flexibility index (Phi) is 7.91. The van der Waals surface area contributed by atoms with Crippen molar-refractivity contribution in [2.75, 3.05) is 36.6 Å². The molecule has 3 fully saturated rings. The molecule has 11 heteroatoms. The van der Waals surface area contributed by atoms with Crippen LogP contribution in [0.1, 0.15) is 39.2 Å². The zero-order valence-corrected chi connectivity index (χ0v) is 24.0. The molecule has 1 aliphatic carbocycles. The lowest BCUT2D eigenvalue weighted by Crippen LogP contribution is -2.56. The fourth-order valence-corrected chi connectivity index (χ4v) is 6.51. The van der Waals surface area contributed by atoms with Crippen molar-refractivity contribution in [3.8, 4) is 6.07 Å². The molecule has 1 N–H and O–H groups in total. The second kappa shape index (κ2) is 10.7. The van der Waals surface area contributed by atoms with E-state index in [9.17, 15) is 9.59 Å². The molecule has 1 aromatic heterocycles. The molecule has 0 spiro atoms. The molecular formula is C26H31BrFN5O3S. The van der Waals surface area contributed by atoms with Gasteiger partial charge in [-0.25, -0.2) is 14.2 Å². The number of halogens is 2. The molecule has 2 saturated heterocycles. The minimum Gasteiger partial charge on any atom is -0.444 e. The second-order valence-corrected chi connectivity index (χ2v) is 11.9. The molecule has 2 aliphatic heterocycles. The molecule has 1 aromatic carbocycles. The second-order valence-electron chi connectivity index (χ2n) is 10.3. The predicted molar refractivity (Wildman–Crippen MR) is 147 cm³/mol. The number of nitrogens with zero attached hydrogens (tertiary/aromatic N) is 4. The summed E-state index contributed by atoms with van der Waals surface area (Å²) in [6, 6.07) is 3.73. The van der Waals surface area contributed by atoms with Crippen LogP contribution in [0.3, 0.4) is 0 Å². The molecule has 37 heavy (non-hydrogen) atoms. The van der Waals surface area contributed by atoms with E-state index in [-0.39, 0.29) is 42.6 Å². The molecule has 8 nitrogen and oxygen atoms in total. The van der Waals surface area contributed by atoms with Crippen molar-refractivity contribution >= 4 is 62.3 Å². The summed E-state index contributed by atoms with van der Waals surface area (Å²) in [4.78, 5) is 33.3. The average Bonchev–Trinajstić information content (AvgIpc) is 3.44. The maximum absolute atomic E-state index is 15.7. The molecule has 3 unspecified atom stereocenters. The number of amides is 1. The molecule has 3 atom stereocenters. The quantitative estimate of drug-likeness (QED) is 0.323. The van der Waals surface area contributed by atoms with Gasteiger partial charge in [0, 0.05) is 31.3 Å². The molecule has 5 rings (SSSR count). The molecule has 0 radical (unpaired) electrons. The van der Waals surface area contributed by atoms with Crippen molar-refractivity contribution in [1.29, 1.82) is 5.26 Å². The average molecular weight is 593 g/mol. The highest BCUT2D eigenvalue weighted by Crippen LogP contribution is 2.50. The van der Waals surface area contributed by atoms with Crippen LogP contribution in [0.15, 0.2) is 15.6 Å². The van der Waals surface area contributed by atoms with E-state index in [1.165, 1.54) is 11.8 Å². The van der Waals surface area contributed by atoms with Gasteiger partial charge in [-0.2, -0.15) is 5.26 Å². The van der Waals surface area contributed by atoms with Gasteiger partial charge in [0.25, 0.3) is 0 Å². The van der Waals surface area contributed by atoms with Gasteiger partial charge in [0.1, 0.15) is 22.4 Å². The highest BCUT2D eigenvalue weighted by molar-refractivity contribution is 9.10. The Balaban J connectivity index is 1.87. The summed E-state index contributed by atoms with van der Waals surface area (Å²) in [5.41, 5.74) is 1.62. The number of hydrogen-bond acceptors (Lipinski definition) is 8. The van der Waals surface area contributed by atoms with Crippen LogP contribution >= 0.6 is 27.7 Å². The first-order chi connectivity index (χ1) is 17.6. The smallest absolute Gasteiger partial charge is 0.410 e. The van der Waals surface area contributed by atoms with Crippen molar-refractivity contribution in [3.63, 3.8) is 0 Å². The SMILES string of the molecule is CNc1c(SC)nc2c(F)c(Br)c(CCC#N)cc2c1N(CC=O)C1C2CC1N(C(=O)OC(C)(C)C)C2. The van der Waals surface area contributed by atoms with Crippen LogP contribution in [0, 0.1) is 23.1 Å². The highest BCUT2D eigenvalue weighted by Gasteiger charge is 2.57. The van der Waals surface area contributed by atoms with E-state index >= 15 is 4.39 Å². The molecule has 3 heterocycles. The zero-order chi connectivity index (χ0) is 27.1. The molecular weight excluding hydrogens is 561 g/mol. The van der Waals surface area contributed by atoms with Gasteiger partial charge in [-0.15, -0.1) is 11.8 Å². The van der Waals surface area contributed by atoms with Crippen LogP contribution in [0.2, 0.25) is 0 Å². The van der Waals surface area contributed by atoms with E-state index in [0.29, 0.717) is 44.8 Å². The van der Waals surface area contributed by atoms with E-state index in [1.807, 2.05) is 38.0 Å². The number of carbonyl (C=O) groups is 2. The summed E-state index contributed by atoms with van der Waals surface area (Å²) >= 11 is 4.75. The summed E-state index contributed by atoms with van der Waals surface area (Å²) in [5.74, 6) is -0.343. The van der Waals surface area contributed by atoms with Crippen LogP contribution in [0.25, 0.3) is 10.9 Å². The number of fused-ring (bicyclic) bond motifs is 2. The number of nitrogens with one attached hydrogen (secondary N) is 1. The summed E-state index contributed by atoms with van der Waals surface area (Å²) < 4.78 is 21.6. The van der Waals surface area contributed by atoms with E-state index in [0.717, 1.165) is 12.7 Å². The Morgan fingerprint density at radius 2 is 2.22 bits per heavy atom. The molecule has 3 aliphatic rings.